The first-order valence-electron chi connectivity index (χ1n) is 13.4. The van der Waals surface area contributed by atoms with Crippen molar-refractivity contribution in [1.29, 1.82) is 0 Å². The van der Waals surface area contributed by atoms with Crippen LogP contribution in [0.3, 0.4) is 0 Å². The molecule has 2 aliphatic rings. The highest BCUT2D eigenvalue weighted by atomic mass is 19.4. The van der Waals surface area contributed by atoms with Gasteiger partial charge < -0.3 is 24.4 Å². The van der Waals surface area contributed by atoms with Crippen molar-refractivity contribution in [2.45, 2.75) is 24.9 Å². The number of H-pyrrole nitrogens is 1. The fourth-order valence-corrected chi connectivity index (χ4v) is 5.04. The number of anilines is 2. The number of hydrogen-bond acceptors (Lipinski definition) is 7. The fraction of sp³-hybridized carbons (Fsp3) is 0.379. The molecule has 0 bridgehead atoms. The Morgan fingerprint density at radius 3 is 2.19 bits per heavy atom. The number of carboxylic acid groups (broad SMARTS) is 1. The van der Waals surface area contributed by atoms with Gasteiger partial charge in [0.15, 0.2) is 0 Å². The quantitative estimate of drug-likeness (QED) is 0.416. The average Bonchev–Trinajstić information content (AvgIpc) is 3.67. The van der Waals surface area contributed by atoms with E-state index >= 15 is 0 Å². The van der Waals surface area contributed by atoms with Crippen LogP contribution in [0.15, 0.2) is 48.5 Å². The number of hydrogen-bond donors (Lipinski definition) is 2. The van der Waals surface area contributed by atoms with Crippen molar-refractivity contribution in [3.8, 4) is 11.6 Å². The molecule has 3 heterocycles. The SMILES string of the molecule is COc1ccc(C2CN(c3ccc(N(C)C(=O)CN4CCCC4)cc3)C(=O)c3[nH]nc(OC)c32)cc1.O=C(O)C(F)(F)F. The molecule has 11 nitrogen and oxygen atoms in total. The van der Waals surface area contributed by atoms with Gasteiger partial charge in [0.25, 0.3) is 5.91 Å². The number of carbonyl (C=O) groups excluding carboxylic acids is 2. The largest absolute Gasteiger partial charge is 0.497 e. The van der Waals surface area contributed by atoms with Crippen molar-refractivity contribution in [3.05, 3.63) is 65.4 Å². The van der Waals surface area contributed by atoms with Crippen LogP contribution in [0.25, 0.3) is 0 Å². The molecule has 2 aliphatic heterocycles. The lowest BCUT2D eigenvalue weighted by Gasteiger charge is -2.33. The molecule has 2 aromatic carbocycles. The standard InChI is InChI=1S/C27H31N5O4.C2HF3O2/c1-30(23(33)17-31-14-4-5-15-31)19-8-10-20(11-9-19)32-16-22(18-6-12-21(35-2)13-7-18)24-25(27(32)34)28-29-26(24)36-3;3-2(4,5)1(6)7/h6-13,22H,4-5,14-17H2,1-3H3,(H,28,29);(H,6,7). The third kappa shape index (κ3) is 7.08. The van der Waals surface area contributed by atoms with Crippen molar-refractivity contribution in [1.82, 2.24) is 15.1 Å². The van der Waals surface area contributed by atoms with E-state index in [1.807, 2.05) is 48.5 Å². The van der Waals surface area contributed by atoms with Crippen molar-refractivity contribution in [3.63, 3.8) is 0 Å². The number of rotatable bonds is 7. The Hall–Kier alpha value is -4.59. The number of aromatic amines is 1. The summed E-state index contributed by atoms with van der Waals surface area (Å²) in [6, 6.07) is 15.4. The van der Waals surface area contributed by atoms with Crippen LogP contribution in [0.4, 0.5) is 24.5 Å². The number of fused-ring (bicyclic) bond motifs is 1. The molecule has 43 heavy (non-hydrogen) atoms. The first-order chi connectivity index (χ1) is 20.4. The molecule has 14 heteroatoms. The third-order valence-electron chi connectivity index (χ3n) is 7.38. The van der Waals surface area contributed by atoms with Crippen LogP contribution in [0.2, 0.25) is 0 Å². The van der Waals surface area contributed by atoms with Gasteiger partial charge in [-0.25, -0.2) is 4.79 Å². The Morgan fingerprint density at radius 2 is 1.65 bits per heavy atom. The number of methoxy groups -OCH3 is 2. The number of aliphatic carboxylic acids is 1. The van der Waals surface area contributed by atoms with Crippen LogP contribution >= 0.6 is 0 Å². The zero-order valence-corrected chi connectivity index (χ0v) is 23.8. The van der Waals surface area contributed by atoms with Crippen LogP contribution in [-0.2, 0) is 9.59 Å². The van der Waals surface area contributed by atoms with Crippen molar-refractivity contribution < 1.29 is 42.1 Å². The number of likely N-dealkylation sites (N-methyl/N-ethyl adjacent to an activating group) is 1. The third-order valence-corrected chi connectivity index (χ3v) is 7.38. The maximum absolute atomic E-state index is 13.5. The maximum atomic E-state index is 13.5. The minimum absolute atomic E-state index is 0.0625. The maximum Gasteiger partial charge on any atom is 0.490 e. The summed E-state index contributed by atoms with van der Waals surface area (Å²) < 4.78 is 42.5. The van der Waals surface area contributed by atoms with E-state index in [0.29, 0.717) is 24.7 Å². The summed E-state index contributed by atoms with van der Waals surface area (Å²) in [6.07, 6.45) is -2.78. The lowest BCUT2D eigenvalue weighted by molar-refractivity contribution is -0.192. The molecule has 1 fully saturated rings. The first kappa shape index (κ1) is 31.3. The molecule has 0 spiro atoms. The highest BCUT2D eigenvalue weighted by Gasteiger charge is 2.39. The summed E-state index contributed by atoms with van der Waals surface area (Å²) in [4.78, 5) is 40.7. The number of ether oxygens (including phenoxy) is 2. The monoisotopic (exact) mass is 603 g/mol. The van der Waals surface area contributed by atoms with Gasteiger partial charge in [0.2, 0.25) is 11.8 Å². The van der Waals surface area contributed by atoms with Crippen molar-refractivity contribution in [2.24, 2.45) is 0 Å². The van der Waals surface area contributed by atoms with Crippen LogP contribution in [0.5, 0.6) is 11.6 Å². The van der Waals surface area contributed by atoms with E-state index in [1.54, 1.807) is 31.1 Å². The summed E-state index contributed by atoms with van der Waals surface area (Å²) in [5.74, 6) is -1.81. The van der Waals surface area contributed by atoms with E-state index < -0.39 is 12.1 Å². The normalized spacial score (nSPS) is 16.7. The molecular formula is C29H32F3N5O6. The van der Waals surface area contributed by atoms with Gasteiger partial charge in [-0.05, 0) is 67.9 Å². The second-order valence-electron chi connectivity index (χ2n) is 10.0. The predicted molar refractivity (Wildman–Crippen MR) is 151 cm³/mol. The minimum Gasteiger partial charge on any atom is -0.497 e. The molecule has 1 atom stereocenters. The molecule has 230 valence electrons. The minimum atomic E-state index is -5.08. The van der Waals surface area contributed by atoms with Gasteiger partial charge in [0, 0.05) is 30.9 Å². The van der Waals surface area contributed by atoms with Crippen LogP contribution in [-0.4, -0.2) is 91.6 Å². The van der Waals surface area contributed by atoms with Gasteiger partial charge in [0.1, 0.15) is 11.4 Å². The summed E-state index contributed by atoms with van der Waals surface area (Å²) in [5.41, 5.74) is 3.75. The number of carboxylic acids is 1. The Balaban J connectivity index is 0.000000541. The zero-order chi connectivity index (χ0) is 31.3. The predicted octanol–water partition coefficient (Wildman–Crippen LogP) is 3.91. The number of alkyl halides is 3. The number of halogens is 3. The smallest absolute Gasteiger partial charge is 0.490 e. The summed E-state index contributed by atoms with van der Waals surface area (Å²) in [6.45, 7) is 2.81. The number of likely N-dealkylation sites (tertiary alicyclic amines) is 1. The Bertz CT molecular complexity index is 1440. The number of carbonyl (C=O) groups is 3. The van der Waals surface area contributed by atoms with Gasteiger partial charge in [0.05, 0.1) is 26.3 Å². The van der Waals surface area contributed by atoms with Gasteiger partial charge in [-0.15, -0.1) is 5.10 Å². The number of nitrogens with one attached hydrogen (secondary N) is 1. The van der Waals surface area contributed by atoms with E-state index in [-0.39, 0.29) is 17.7 Å². The number of amides is 2. The van der Waals surface area contributed by atoms with E-state index in [9.17, 15) is 22.8 Å². The highest BCUT2D eigenvalue weighted by molar-refractivity contribution is 6.08. The second kappa shape index (κ2) is 13.2. The number of nitrogens with zero attached hydrogens (tertiary/aromatic N) is 4. The lowest BCUT2D eigenvalue weighted by Crippen LogP contribution is -2.40. The highest BCUT2D eigenvalue weighted by Crippen LogP contribution is 2.40. The Labute approximate surface area is 245 Å². The molecule has 0 aliphatic carbocycles. The lowest BCUT2D eigenvalue weighted by atomic mass is 9.87. The van der Waals surface area contributed by atoms with Crippen molar-refractivity contribution in [2.75, 3.05) is 57.2 Å². The van der Waals surface area contributed by atoms with E-state index in [2.05, 4.69) is 15.1 Å². The van der Waals surface area contributed by atoms with Gasteiger partial charge >= 0.3 is 12.1 Å². The van der Waals surface area contributed by atoms with Gasteiger partial charge in [-0.1, -0.05) is 12.1 Å². The summed E-state index contributed by atoms with van der Waals surface area (Å²) in [7, 11) is 4.98. The molecule has 2 N–H and O–H groups in total. The molecule has 0 saturated carbocycles. The van der Waals surface area contributed by atoms with E-state index in [4.69, 9.17) is 19.4 Å². The first-order valence-corrected chi connectivity index (χ1v) is 13.4. The molecular weight excluding hydrogens is 571 g/mol. The van der Waals surface area contributed by atoms with Gasteiger partial charge in [-0.3, -0.25) is 19.6 Å². The topological polar surface area (TPSA) is 128 Å². The molecule has 1 saturated heterocycles. The summed E-state index contributed by atoms with van der Waals surface area (Å²) >= 11 is 0. The Kier molecular flexibility index (Phi) is 9.59. The second-order valence-corrected chi connectivity index (χ2v) is 10.0. The van der Waals surface area contributed by atoms with Crippen LogP contribution in [0.1, 0.15) is 40.4 Å². The molecule has 2 amide bonds. The fourth-order valence-electron chi connectivity index (χ4n) is 5.04. The molecule has 5 rings (SSSR count). The molecule has 0 radical (unpaired) electrons. The molecule has 1 unspecified atom stereocenters. The Morgan fingerprint density at radius 1 is 1.05 bits per heavy atom. The average molecular weight is 604 g/mol. The van der Waals surface area contributed by atoms with Crippen LogP contribution < -0.4 is 19.3 Å². The van der Waals surface area contributed by atoms with Crippen LogP contribution in [0, 0.1) is 0 Å². The number of benzene rings is 2. The van der Waals surface area contributed by atoms with Crippen molar-refractivity contribution >= 4 is 29.2 Å². The van der Waals surface area contributed by atoms with Gasteiger partial charge in [-0.2, -0.15) is 13.2 Å². The zero-order valence-electron chi connectivity index (χ0n) is 23.8. The summed E-state index contributed by atoms with van der Waals surface area (Å²) in [5, 5.41) is 14.2. The molecule has 3 aromatic rings. The van der Waals surface area contributed by atoms with E-state index in [1.165, 1.54) is 0 Å². The number of aromatic nitrogens is 2. The van der Waals surface area contributed by atoms with E-state index in [0.717, 1.165) is 54.2 Å². The molecule has 1 aromatic heterocycles.